The van der Waals surface area contributed by atoms with Crippen LogP contribution in [-0.2, 0) is 16.0 Å². The number of benzene rings is 1. The van der Waals surface area contributed by atoms with E-state index in [1.165, 1.54) is 5.56 Å². The monoisotopic (exact) mass is 324 g/mol. The minimum Gasteiger partial charge on any atom is -0.375 e. The number of carbonyl (C=O) groups is 2. The number of ketones is 2. The highest BCUT2D eigenvalue weighted by Crippen LogP contribution is 2.33. The fraction of sp³-hybridized carbons (Fsp3) is 0.450. The SMILES string of the molecule is CC1(C)CC(=O)C(=CN(CCC#N)CCc2ccccc2)C(=O)C1. The minimum atomic E-state index is -0.257. The van der Waals surface area contributed by atoms with Gasteiger partial charge in [0.05, 0.1) is 18.1 Å². The van der Waals surface area contributed by atoms with Gasteiger partial charge in [0.2, 0.25) is 0 Å². The second kappa shape index (κ2) is 7.92. The second-order valence-electron chi connectivity index (χ2n) is 7.09. The van der Waals surface area contributed by atoms with E-state index in [1.807, 2.05) is 36.9 Å². The summed E-state index contributed by atoms with van der Waals surface area (Å²) < 4.78 is 0. The van der Waals surface area contributed by atoms with Crippen molar-refractivity contribution in [2.45, 2.75) is 39.5 Å². The highest BCUT2D eigenvalue weighted by Gasteiger charge is 2.35. The first-order valence-electron chi connectivity index (χ1n) is 8.34. The zero-order valence-corrected chi connectivity index (χ0v) is 14.4. The maximum absolute atomic E-state index is 12.3. The molecule has 0 aliphatic heterocycles. The Balaban J connectivity index is 2.11. The van der Waals surface area contributed by atoms with Crippen LogP contribution in [0.4, 0.5) is 0 Å². The standard InChI is InChI=1S/C20H24N2O2/c1-20(2)13-18(23)17(19(24)14-20)15-22(11-6-10-21)12-9-16-7-4-3-5-8-16/h3-5,7-8,15H,6,9,11-14H2,1-2H3. The molecular formula is C20H24N2O2. The lowest BCUT2D eigenvalue weighted by Gasteiger charge is -2.30. The quantitative estimate of drug-likeness (QED) is 0.595. The third-order valence-electron chi connectivity index (χ3n) is 4.23. The van der Waals surface area contributed by atoms with Gasteiger partial charge in [-0.2, -0.15) is 5.26 Å². The van der Waals surface area contributed by atoms with Crippen molar-refractivity contribution in [1.29, 1.82) is 5.26 Å². The molecule has 1 aliphatic rings. The van der Waals surface area contributed by atoms with Crippen LogP contribution in [0.15, 0.2) is 42.1 Å². The predicted octanol–water partition coefficient (Wildman–Crippen LogP) is 3.29. The van der Waals surface area contributed by atoms with Crippen LogP contribution in [0.2, 0.25) is 0 Å². The summed E-state index contributed by atoms with van der Waals surface area (Å²) in [4.78, 5) is 26.6. The molecule has 0 aromatic heterocycles. The Morgan fingerprint density at radius 2 is 1.75 bits per heavy atom. The van der Waals surface area contributed by atoms with E-state index in [-0.39, 0.29) is 17.0 Å². The maximum atomic E-state index is 12.3. The van der Waals surface area contributed by atoms with Gasteiger partial charge in [-0.25, -0.2) is 0 Å². The van der Waals surface area contributed by atoms with Crippen LogP contribution in [0.5, 0.6) is 0 Å². The summed E-state index contributed by atoms with van der Waals surface area (Å²) >= 11 is 0. The first-order chi connectivity index (χ1) is 11.4. The summed E-state index contributed by atoms with van der Waals surface area (Å²) in [6.45, 7) is 5.10. The minimum absolute atomic E-state index is 0.0853. The lowest BCUT2D eigenvalue weighted by Crippen LogP contribution is -2.33. The molecule has 1 aromatic carbocycles. The molecule has 0 amide bonds. The molecule has 0 radical (unpaired) electrons. The van der Waals surface area contributed by atoms with Gasteiger partial charge in [0.1, 0.15) is 0 Å². The number of rotatable bonds is 6. The second-order valence-corrected chi connectivity index (χ2v) is 7.09. The van der Waals surface area contributed by atoms with Crippen LogP contribution in [-0.4, -0.2) is 29.6 Å². The molecule has 1 aromatic rings. The Morgan fingerprint density at radius 3 is 2.33 bits per heavy atom. The van der Waals surface area contributed by atoms with Crippen LogP contribution >= 0.6 is 0 Å². The summed E-state index contributed by atoms with van der Waals surface area (Å²) in [5.41, 5.74) is 1.23. The van der Waals surface area contributed by atoms with Gasteiger partial charge in [0.25, 0.3) is 0 Å². The van der Waals surface area contributed by atoms with Crippen LogP contribution in [0, 0.1) is 16.7 Å². The third-order valence-corrected chi connectivity index (χ3v) is 4.23. The molecule has 126 valence electrons. The van der Waals surface area contributed by atoms with Gasteiger partial charge in [-0.1, -0.05) is 44.2 Å². The largest absolute Gasteiger partial charge is 0.375 e. The van der Waals surface area contributed by atoms with Gasteiger partial charge in [-0.15, -0.1) is 0 Å². The van der Waals surface area contributed by atoms with E-state index < -0.39 is 0 Å². The summed E-state index contributed by atoms with van der Waals surface area (Å²) in [5.74, 6) is -0.171. The molecule has 4 heteroatoms. The number of hydrogen-bond donors (Lipinski definition) is 0. The smallest absolute Gasteiger partial charge is 0.168 e. The summed E-state index contributed by atoms with van der Waals surface area (Å²) in [5, 5.41) is 8.85. The molecule has 1 fully saturated rings. The van der Waals surface area contributed by atoms with E-state index in [0.29, 0.717) is 37.9 Å². The molecule has 0 saturated heterocycles. The van der Waals surface area contributed by atoms with Crippen LogP contribution in [0.25, 0.3) is 0 Å². The van der Waals surface area contributed by atoms with Crippen LogP contribution in [0.1, 0.15) is 38.7 Å². The van der Waals surface area contributed by atoms with Crippen molar-refractivity contribution in [3.8, 4) is 6.07 Å². The van der Waals surface area contributed by atoms with Crippen molar-refractivity contribution in [2.75, 3.05) is 13.1 Å². The van der Waals surface area contributed by atoms with Crippen molar-refractivity contribution in [3.63, 3.8) is 0 Å². The first kappa shape index (κ1) is 17.9. The number of carbonyl (C=O) groups excluding carboxylic acids is 2. The number of hydrogen-bond acceptors (Lipinski definition) is 4. The van der Waals surface area contributed by atoms with Gasteiger partial charge < -0.3 is 4.90 Å². The van der Waals surface area contributed by atoms with E-state index in [4.69, 9.17) is 5.26 Å². The van der Waals surface area contributed by atoms with Crippen molar-refractivity contribution >= 4 is 11.6 Å². The number of allylic oxidation sites excluding steroid dienone is 1. The molecule has 0 heterocycles. The number of nitrogens with zero attached hydrogens (tertiary/aromatic N) is 2. The average molecular weight is 324 g/mol. The molecule has 1 aliphatic carbocycles. The summed E-state index contributed by atoms with van der Waals surface area (Å²) in [6, 6.07) is 12.2. The van der Waals surface area contributed by atoms with Gasteiger partial charge >= 0.3 is 0 Å². The zero-order valence-electron chi connectivity index (χ0n) is 14.4. The normalized spacial score (nSPS) is 16.6. The molecule has 4 nitrogen and oxygen atoms in total. The highest BCUT2D eigenvalue weighted by molar-refractivity contribution is 6.22. The van der Waals surface area contributed by atoms with Crippen molar-refractivity contribution in [2.24, 2.45) is 5.41 Å². The predicted molar refractivity (Wildman–Crippen MR) is 93.1 cm³/mol. The summed E-state index contributed by atoms with van der Waals surface area (Å²) in [6.07, 6.45) is 3.65. The molecule has 1 saturated carbocycles. The molecule has 0 bridgehead atoms. The average Bonchev–Trinajstić information content (AvgIpc) is 2.52. The lowest BCUT2D eigenvalue weighted by atomic mass is 9.74. The Kier molecular flexibility index (Phi) is 5.92. The molecule has 24 heavy (non-hydrogen) atoms. The van der Waals surface area contributed by atoms with E-state index >= 15 is 0 Å². The Bertz CT molecular complexity index is 647. The zero-order chi connectivity index (χ0) is 17.6. The third kappa shape index (κ3) is 5.06. The fourth-order valence-corrected chi connectivity index (χ4v) is 2.96. The Labute approximate surface area is 143 Å². The van der Waals surface area contributed by atoms with Crippen molar-refractivity contribution in [1.82, 2.24) is 4.90 Å². The van der Waals surface area contributed by atoms with Gasteiger partial charge in [0.15, 0.2) is 11.6 Å². The van der Waals surface area contributed by atoms with E-state index in [0.717, 1.165) is 6.42 Å². The summed E-state index contributed by atoms with van der Waals surface area (Å²) in [7, 11) is 0. The molecule has 2 rings (SSSR count). The van der Waals surface area contributed by atoms with E-state index in [1.54, 1.807) is 6.20 Å². The Hall–Kier alpha value is -2.41. The molecule has 0 N–H and O–H groups in total. The number of Topliss-reactive ketones (excluding diaryl/α,β-unsaturated/α-hetero) is 2. The van der Waals surface area contributed by atoms with E-state index in [9.17, 15) is 9.59 Å². The van der Waals surface area contributed by atoms with Crippen LogP contribution < -0.4 is 0 Å². The number of nitriles is 1. The molecular weight excluding hydrogens is 300 g/mol. The van der Waals surface area contributed by atoms with Gasteiger partial charge in [0, 0.05) is 32.1 Å². The van der Waals surface area contributed by atoms with Crippen molar-refractivity contribution < 1.29 is 9.59 Å². The molecule has 0 atom stereocenters. The van der Waals surface area contributed by atoms with E-state index in [2.05, 4.69) is 18.2 Å². The van der Waals surface area contributed by atoms with Crippen molar-refractivity contribution in [3.05, 3.63) is 47.7 Å². The van der Waals surface area contributed by atoms with Crippen LogP contribution in [0.3, 0.4) is 0 Å². The topological polar surface area (TPSA) is 61.2 Å². The molecule has 0 spiro atoms. The van der Waals surface area contributed by atoms with Gasteiger partial charge in [-0.05, 0) is 17.4 Å². The fourth-order valence-electron chi connectivity index (χ4n) is 2.96. The Morgan fingerprint density at radius 1 is 1.12 bits per heavy atom. The first-order valence-corrected chi connectivity index (χ1v) is 8.34. The van der Waals surface area contributed by atoms with Gasteiger partial charge in [-0.3, -0.25) is 9.59 Å². The lowest BCUT2D eigenvalue weighted by molar-refractivity contribution is -0.127. The molecule has 0 unspecified atom stereocenters. The highest BCUT2D eigenvalue weighted by atomic mass is 16.2. The maximum Gasteiger partial charge on any atom is 0.168 e.